The normalized spacial score (nSPS) is 15.9. The maximum absolute atomic E-state index is 13.1. The zero-order chi connectivity index (χ0) is 27.9. The average Bonchev–Trinajstić information content (AvgIpc) is 3.12. The van der Waals surface area contributed by atoms with Gasteiger partial charge >= 0.3 is 5.69 Å². The monoisotopic (exact) mass is 591 g/mol. The number of carbonyl (C=O) groups is 1. The SMILES string of the molecule is CN1CC(NS(=O)(=O)c2cc(Oc3c(Cl)cc(-n4nc(C(F)F)c(=O)[nH]c4=O)cc3Cl)ccc2O)CC1=O. The standard InChI is InChI=1S/C21H17Cl2F2N5O7S/c1-29-8-9(4-16(29)32)28-38(35,36)15-7-11(2-3-14(15)31)37-18-12(22)5-10(6-13(18)23)30-21(34)26-20(33)17(27-30)19(24)25/h2-3,5-7,9,19,28,31H,4,8H2,1H3,(H,26,33,34). The Bertz CT molecular complexity index is 1640. The van der Waals surface area contributed by atoms with Crippen molar-refractivity contribution in [1.29, 1.82) is 0 Å². The number of H-pyrrole nitrogens is 1. The molecular formula is C21H17Cl2F2N5O7S. The molecule has 0 spiro atoms. The van der Waals surface area contributed by atoms with Gasteiger partial charge in [-0.2, -0.15) is 9.78 Å². The number of hydrogen-bond acceptors (Lipinski definition) is 8. The molecule has 1 atom stereocenters. The molecule has 38 heavy (non-hydrogen) atoms. The van der Waals surface area contributed by atoms with E-state index in [1.54, 1.807) is 4.98 Å². The van der Waals surface area contributed by atoms with Crippen molar-refractivity contribution < 1.29 is 31.8 Å². The van der Waals surface area contributed by atoms with Crippen molar-refractivity contribution >= 4 is 39.1 Å². The molecule has 4 rings (SSSR count). The number of phenolic OH excluding ortho intramolecular Hbond substituents is 1. The fourth-order valence-electron chi connectivity index (χ4n) is 3.61. The zero-order valence-electron chi connectivity index (χ0n) is 19.1. The number of aromatic hydroxyl groups is 1. The molecule has 1 saturated heterocycles. The molecule has 0 bridgehead atoms. The van der Waals surface area contributed by atoms with Crippen LogP contribution in [-0.4, -0.2) is 58.7 Å². The highest BCUT2D eigenvalue weighted by atomic mass is 35.5. The number of nitrogens with one attached hydrogen (secondary N) is 2. The Kier molecular flexibility index (Phi) is 7.47. The van der Waals surface area contributed by atoms with Gasteiger partial charge in [0.15, 0.2) is 11.4 Å². The van der Waals surface area contributed by atoms with Crippen LogP contribution in [0.15, 0.2) is 44.8 Å². The summed E-state index contributed by atoms with van der Waals surface area (Å²) in [5, 5.41) is 13.1. The molecule has 3 N–H and O–H groups in total. The minimum atomic E-state index is -4.28. The van der Waals surface area contributed by atoms with Crippen LogP contribution in [0.4, 0.5) is 8.78 Å². The lowest BCUT2D eigenvalue weighted by Crippen LogP contribution is -2.36. The van der Waals surface area contributed by atoms with Crippen LogP contribution < -0.4 is 20.7 Å². The Balaban J connectivity index is 1.65. The van der Waals surface area contributed by atoms with Gasteiger partial charge in [0.2, 0.25) is 15.9 Å². The number of sulfonamides is 1. The van der Waals surface area contributed by atoms with Crippen molar-refractivity contribution in [3.63, 3.8) is 0 Å². The lowest BCUT2D eigenvalue weighted by Gasteiger charge is -2.16. The van der Waals surface area contributed by atoms with Crippen LogP contribution in [0.1, 0.15) is 18.5 Å². The third kappa shape index (κ3) is 5.50. The molecule has 202 valence electrons. The summed E-state index contributed by atoms with van der Waals surface area (Å²) in [6, 6.07) is 4.78. The summed E-state index contributed by atoms with van der Waals surface area (Å²) in [4.78, 5) is 37.9. The van der Waals surface area contributed by atoms with E-state index in [2.05, 4.69) is 9.82 Å². The van der Waals surface area contributed by atoms with Gasteiger partial charge in [-0.05, 0) is 24.3 Å². The van der Waals surface area contributed by atoms with Gasteiger partial charge in [-0.15, -0.1) is 0 Å². The third-order valence-electron chi connectivity index (χ3n) is 5.39. The summed E-state index contributed by atoms with van der Waals surface area (Å²) in [6.45, 7) is 0.151. The van der Waals surface area contributed by atoms with Gasteiger partial charge in [-0.25, -0.2) is 26.7 Å². The van der Waals surface area contributed by atoms with Gasteiger partial charge in [-0.1, -0.05) is 23.2 Å². The fraction of sp³-hybridized carbons (Fsp3) is 0.238. The number of benzene rings is 2. The summed E-state index contributed by atoms with van der Waals surface area (Å²) in [5.74, 6) is -1.14. The second-order valence-electron chi connectivity index (χ2n) is 8.12. The molecule has 0 aliphatic carbocycles. The van der Waals surface area contributed by atoms with Crippen LogP contribution in [0.3, 0.4) is 0 Å². The van der Waals surface area contributed by atoms with E-state index in [1.807, 2.05) is 0 Å². The summed E-state index contributed by atoms with van der Waals surface area (Å²) >= 11 is 12.5. The van der Waals surface area contributed by atoms with E-state index in [9.17, 15) is 36.7 Å². The van der Waals surface area contributed by atoms with Crippen molar-refractivity contribution in [3.8, 4) is 22.9 Å². The number of rotatable bonds is 7. The van der Waals surface area contributed by atoms with Crippen molar-refractivity contribution in [2.75, 3.05) is 13.6 Å². The van der Waals surface area contributed by atoms with Crippen LogP contribution in [0.25, 0.3) is 5.69 Å². The first-order valence-corrected chi connectivity index (χ1v) is 12.8. The number of aromatic nitrogens is 3. The van der Waals surface area contributed by atoms with E-state index in [1.165, 1.54) is 18.0 Å². The zero-order valence-corrected chi connectivity index (χ0v) is 21.4. The van der Waals surface area contributed by atoms with Crippen molar-refractivity contribution in [3.05, 3.63) is 66.9 Å². The maximum Gasteiger partial charge on any atom is 0.349 e. The Morgan fingerprint density at radius 2 is 1.84 bits per heavy atom. The minimum absolute atomic E-state index is 0.0453. The molecule has 1 aliphatic rings. The largest absolute Gasteiger partial charge is 0.507 e. The van der Waals surface area contributed by atoms with E-state index in [0.717, 1.165) is 24.3 Å². The minimum Gasteiger partial charge on any atom is -0.507 e. The molecule has 1 fully saturated rings. The first-order valence-electron chi connectivity index (χ1n) is 10.5. The average molecular weight is 592 g/mol. The summed E-state index contributed by atoms with van der Waals surface area (Å²) in [5.41, 5.74) is -3.85. The van der Waals surface area contributed by atoms with Crippen molar-refractivity contribution in [2.24, 2.45) is 0 Å². The van der Waals surface area contributed by atoms with Gasteiger partial charge in [0.25, 0.3) is 12.0 Å². The van der Waals surface area contributed by atoms with Gasteiger partial charge in [0, 0.05) is 32.1 Å². The number of carbonyl (C=O) groups excluding carboxylic acids is 1. The molecule has 12 nitrogen and oxygen atoms in total. The topological polar surface area (TPSA) is 164 Å². The smallest absolute Gasteiger partial charge is 0.349 e. The van der Waals surface area contributed by atoms with Gasteiger partial charge in [-0.3, -0.25) is 14.6 Å². The second-order valence-corrected chi connectivity index (χ2v) is 10.6. The Hall–Kier alpha value is -3.53. The van der Waals surface area contributed by atoms with E-state index >= 15 is 0 Å². The van der Waals surface area contributed by atoms with Gasteiger partial charge < -0.3 is 14.7 Å². The molecule has 1 aromatic heterocycles. The molecule has 17 heteroatoms. The second kappa shape index (κ2) is 10.3. The summed E-state index contributed by atoms with van der Waals surface area (Å²) in [7, 11) is -2.75. The number of alkyl halides is 2. The van der Waals surface area contributed by atoms with Crippen LogP contribution >= 0.6 is 23.2 Å². The van der Waals surface area contributed by atoms with Crippen LogP contribution in [0.5, 0.6) is 17.2 Å². The fourth-order valence-corrected chi connectivity index (χ4v) is 5.50. The predicted octanol–water partition coefficient (Wildman–Crippen LogP) is 2.17. The van der Waals surface area contributed by atoms with Crippen LogP contribution in [-0.2, 0) is 14.8 Å². The Morgan fingerprint density at radius 3 is 2.42 bits per heavy atom. The summed E-state index contributed by atoms with van der Waals surface area (Å²) < 4.78 is 60.3. The molecule has 0 saturated carbocycles. The summed E-state index contributed by atoms with van der Waals surface area (Å²) in [6.07, 6.45) is -3.31. The van der Waals surface area contributed by atoms with E-state index in [-0.39, 0.29) is 46.1 Å². The lowest BCUT2D eigenvalue weighted by atomic mass is 10.3. The number of hydrogen-bond donors (Lipinski definition) is 3. The molecule has 1 unspecified atom stereocenters. The maximum atomic E-state index is 13.1. The number of aromatic amines is 1. The Labute approximate surface area is 222 Å². The number of halogens is 4. The molecule has 0 radical (unpaired) electrons. The first kappa shape index (κ1) is 27.5. The van der Waals surface area contributed by atoms with Crippen molar-refractivity contribution in [1.82, 2.24) is 24.4 Å². The van der Waals surface area contributed by atoms with Gasteiger partial charge in [0.1, 0.15) is 16.4 Å². The molecule has 3 aromatic rings. The predicted molar refractivity (Wildman–Crippen MR) is 130 cm³/mol. The molecular weight excluding hydrogens is 575 g/mol. The highest BCUT2D eigenvalue weighted by Gasteiger charge is 2.32. The number of amides is 1. The van der Waals surface area contributed by atoms with Gasteiger partial charge in [0.05, 0.1) is 15.7 Å². The highest BCUT2D eigenvalue weighted by Crippen LogP contribution is 2.39. The molecule has 2 aromatic carbocycles. The Morgan fingerprint density at radius 1 is 1.18 bits per heavy atom. The van der Waals surface area contributed by atoms with Crippen LogP contribution in [0.2, 0.25) is 10.0 Å². The highest BCUT2D eigenvalue weighted by molar-refractivity contribution is 7.89. The number of nitrogens with zero attached hydrogens (tertiary/aromatic N) is 3. The quantitative estimate of drug-likeness (QED) is 0.376. The molecule has 1 amide bonds. The molecule has 1 aliphatic heterocycles. The van der Waals surface area contributed by atoms with Crippen molar-refractivity contribution in [2.45, 2.75) is 23.8 Å². The number of likely N-dealkylation sites (tertiary alicyclic amines) is 1. The van der Waals surface area contributed by atoms with E-state index < -0.39 is 50.1 Å². The van der Waals surface area contributed by atoms with Crippen LogP contribution in [0, 0.1) is 0 Å². The lowest BCUT2D eigenvalue weighted by molar-refractivity contribution is -0.126. The van der Waals surface area contributed by atoms with E-state index in [0.29, 0.717) is 4.68 Å². The number of ether oxygens (including phenoxy) is 1. The third-order valence-corrected chi connectivity index (χ3v) is 7.50. The van der Waals surface area contributed by atoms with E-state index in [4.69, 9.17) is 27.9 Å². The first-order chi connectivity index (χ1) is 17.8. The number of phenols is 1. The molecule has 2 heterocycles. The number of likely N-dealkylation sites (N-methyl/N-ethyl adjacent to an activating group) is 1.